The van der Waals surface area contributed by atoms with Gasteiger partial charge in [-0.25, -0.2) is 0 Å². The van der Waals surface area contributed by atoms with Crippen LogP contribution in [0, 0.1) is 0 Å². The molecule has 26 heavy (non-hydrogen) atoms. The SMILES string of the molecule is COc1cccc(CNc2cccc(C(=O)NCc3ccccn3)c2)c1. The number of benzene rings is 2. The first kappa shape index (κ1) is 17.5. The largest absolute Gasteiger partial charge is 0.497 e. The van der Waals surface area contributed by atoms with E-state index in [1.165, 1.54) is 0 Å². The Morgan fingerprint density at radius 3 is 2.69 bits per heavy atom. The molecule has 0 bridgehead atoms. The normalized spacial score (nSPS) is 10.2. The van der Waals surface area contributed by atoms with Gasteiger partial charge in [0.1, 0.15) is 5.75 Å². The van der Waals surface area contributed by atoms with Gasteiger partial charge in [-0.2, -0.15) is 0 Å². The first-order chi connectivity index (χ1) is 12.7. The van der Waals surface area contributed by atoms with Crippen LogP contribution in [0.2, 0.25) is 0 Å². The van der Waals surface area contributed by atoms with E-state index in [1.54, 1.807) is 19.4 Å². The predicted molar refractivity (Wildman–Crippen MR) is 102 cm³/mol. The zero-order chi connectivity index (χ0) is 18.2. The van der Waals surface area contributed by atoms with Crippen LogP contribution >= 0.6 is 0 Å². The second-order valence-corrected chi connectivity index (χ2v) is 5.79. The number of hydrogen-bond acceptors (Lipinski definition) is 4. The Labute approximate surface area is 153 Å². The minimum atomic E-state index is -0.124. The molecule has 0 fully saturated rings. The Morgan fingerprint density at radius 2 is 1.88 bits per heavy atom. The molecule has 0 radical (unpaired) electrons. The summed E-state index contributed by atoms with van der Waals surface area (Å²) in [6.45, 7) is 1.05. The topological polar surface area (TPSA) is 63.2 Å². The summed E-state index contributed by atoms with van der Waals surface area (Å²) in [6.07, 6.45) is 1.71. The van der Waals surface area contributed by atoms with Crippen molar-refractivity contribution in [1.29, 1.82) is 0 Å². The predicted octanol–water partition coefficient (Wildman–Crippen LogP) is 3.63. The summed E-state index contributed by atoms with van der Waals surface area (Å²) in [5, 5.41) is 6.22. The molecule has 1 heterocycles. The standard InChI is InChI=1S/C21H21N3O2/c1-26-20-10-4-6-16(12-20)14-23-18-9-5-7-17(13-18)21(25)24-15-19-8-2-3-11-22-19/h2-13,23H,14-15H2,1H3,(H,24,25). The number of carbonyl (C=O) groups excluding carboxylic acids is 1. The van der Waals surface area contributed by atoms with Crippen LogP contribution in [-0.4, -0.2) is 18.0 Å². The minimum absolute atomic E-state index is 0.124. The fourth-order valence-corrected chi connectivity index (χ4v) is 2.53. The summed E-state index contributed by atoms with van der Waals surface area (Å²) in [7, 11) is 1.65. The van der Waals surface area contributed by atoms with Crippen molar-refractivity contribution in [2.75, 3.05) is 12.4 Å². The Hall–Kier alpha value is -3.34. The third-order valence-electron chi connectivity index (χ3n) is 3.91. The number of amides is 1. The van der Waals surface area contributed by atoms with Gasteiger partial charge in [0.2, 0.25) is 0 Å². The summed E-state index contributed by atoms with van der Waals surface area (Å²) >= 11 is 0. The van der Waals surface area contributed by atoms with Gasteiger partial charge < -0.3 is 15.4 Å². The van der Waals surface area contributed by atoms with Crippen LogP contribution in [0.5, 0.6) is 5.75 Å². The zero-order valence-electron chi connectivity index (χ0n) is 14.6. The van der Waals surface area contributed by atoms with Gasteiger partial charge in [0.15, 0.2) is 0 Å². The van der Waals surface area contributed by atoms with Crippen molar-refractivity contribution in [2.45, 2.75) is 13.1 Å². The van der Waals surface area contributed by atoms with E-state index < -0.39 is 0 Å². The zero-order valence-corrected chi connectivity index (χ0v) is 14.6. The number of ether oxygens (including phenoxy) is 1. The van der Waals surface area contributed by atoms with Crippen LogP contribution in [0.1, 0.15) is 21.6 Å². The molecule has 0 aliphatic carbocycles. The Bertz CT molecular complexity index is 866. The Kier molecular flexibility index (Phi) is 5.83. The highest BCUT2D eigenvalue weighted by Crippen LogP contribution is 2.16. The lowest BCUT2D eigenvalue weighted by Crippen LogP contribution is -2.23. The van der Waals surface area contributed by atoms with Crippen molar-refractivity contribution in [1.82, 2.24) is 10.3 Å². The molecule has 0 spiro atoms. The molecule has 0 atom stereocenters. The molecule has 0 aliphatic rings. The van der Waals surface area contributed by atoms with Crippen LogP contribution in [-0.2, 0) is 13.1 Å². The van der Waals surface area contributed by atoms with Crippen molar-refractivity contribution in [3.05, 3.63) is 89.7 Å². The lowest BCUT2D eigenvalue weighted by molar-refractivity contribution is 0.0950. The number of methoxy groups -OCH3 is 1. The van der Waals surface area contributed by atoms with Crippen molar-refractivity contribution < 1.29 is 9.53 Å². The highest BCUT2D eigenvalue weighted by Gasteiger charge is 2.06. The van der Waals surface area contributed by atoms with Crippen LogP contribution in [0.4, 0.5) is 5.69 Å². The van der Waals surface area contributed by atoms with E-state index in [-0.39, 0.29) is 5.91 Å². The van der Waals surface area contributed by atoms with E-state index >= 15 is 0 Å². The molecular weight excluding hydrogens is 326 g/mol. The number of aromatic nitrogens is 1. The van der Waals surface area contributed by atoms with Crippen molar-refractivity contribution in [2.24, 2.45) is 0 Å². The molecule has 5 nitrogen and oxygen atoms in total. The Balaban J connectivity index is 1.59. The van der Waals surface area contributed by atoms with Crippen LogP contribution in [0.3, 0.4) is 0 Å². The second kappa shape index (κ2) is 8.67. The summed E-state index contributed by atoms with van der Waals surface area (Å²) in [4.78, 5) is 16.5. The molecule has 3 aromatic rings. The molecule has 2 aromatic carbocycles. The highest BCUT2D eigenvalue weighted by molar-refractivity contribution is 5.95. The summed E-state index contributed by atoms with van der Waals surface area (Å²) in [5.74, 6) is 0.702. The maximum absolute atomic E-state index is 12.3. The fraction of sp³-hybridized carbons (Fsp3) is 0.143. The van der Waals surface area contributed by atoms with Gasteiger partial charge in [-0.05, 0) is 48.0 Å². The average molecular weight is 347 g/mol. The van der Waals surface area contributed by atoms with E-state index in [1.807, 2.05) is 60.7 Å². The van der Waals surface area contributed by atoms with E-state index in [9.17, 15) is 4.79 Å². The quantitative estimate of drug-likeness (QED) is 0.685. The van der Waals surface area contributed by atoms with Gasteiger partial charge in [-0.3, -0.25) is 9.78 Å². The molecular formula is C21H21N3O2. The molecule has 0 unspecified atom stereocenters. The first-order valence-electron chi connectivity index (χ1n) is 8.39. The molecule has 5 heteroatoms. The number of nitrogens with one attached hydrogen (secondary N) is 2. The van der Waals surface area contributed by atoms with Gasteiger partial charge in [-0.1, -0.05) is 24.3 Å². The highest BCUT2D eigenvalue weighted by atomic mass is 16.5. The van der Waals surface area contributed by atoms with E-state index in [0.29, 0.717) is 18.7 Å². The number of anilines is 1. The van der Waals surface area contributed by atoms with E-state index in [0.717, 1.165) is 22.7 Å². The second-order valence-electron chi connectivity index (χ2n) is 5.79. The molecule has 0 saturated heterocycles. The van der Waals surface area contributed by atoms with Gasteiger partial charge in [-0.15, -0.1) is 0 Å². The first-order valence-corrected chi connectivity index (χ1v) is 8.39. The number of rotatable bonds is 7. The van der Waals surface area contributed by atoms with Gasteiger partial charge >= 0.3 is 0 Å². The average Bonchev–Trinajstić information content (AvgIpc) is 2.71. The molecule has 2 N–H and O–H groups in total. The van der Waals surface area contributed by atoms with Gasteiger partial charge in [0.05, 0.1) is 19.3 Å². The van der Waals surface area contributed by atoms with Gasteiger partial charge in [0, 0.05) is 24.0 Å². The number of nitrogens with zero attached hydrogens (tertiary/aromatic N) is 1. The van der Waals surface area contributed by atoms with E-state index in [2.05, 4.69) is 15.6 Å². The molecule has 3 rings (SSSR count). The molecule has 0 aliphatic heterocycles. The summed E-state index contributed by atoms with van der Waals surface area (Å²) < 4.78 is 5.24. The monoisotopic (exact) mass is 347 g/mol. The molecule has 0 saturated carbocycles. The molecule has 132 valence electrons. The van der Waals surface area contributed by atoms with E-state index in [4.69, 9.17) is 4.74 Å². The fourth-order valence-electron chi connectivity index (χ4n) is 2.53. The lowest BCUT2D eigenvalue weighted by atomic mass is 10.1. The smallest absolute Gasteiger partial charge is 0.251 e. The summed E-state index contributed by atoms with van der Waals surface area (Å²) in [6, 6.07) is 21.0. The van der Waals surface area contributed by atoms with Crippen molar-refractivity contribution in [3.63, 3.8) is 0 Å². The van der Waals surface area contributed by atoms with Crippen LogP contribution < -0.4 is 15.4 Å². The number of pyridine rings is 1. The molecule has 1 aromatic heterocycles. The number of carbonyl (C=O) groups is 1. The third kappa shape index (κ3) is 4.83. The minimum Gasteiger partial charge on any atom is -0.497 e. The van der Waals surface area contributed by atoms with Crippen molar-refractivity contribution in [3.8, 4) is 5.75 Å². The van der Waals surface area contributed by atoms with Crippen LogP contribution in [0.25, 0.3) is 0 Å². The third-order valence-corrected chi connectivity index (χ3v) is 3.91. The summed E-state index contributed by atoms with van der Waals surface area (Å²) in [5.41, 5.74) is 3.43. The molecule has 1 amide bonds. The van der Waals surface area contributed by atoms with Crippen molar-refractivity contribution >= 4 is 11.6 Å². The Morgan fingerprint density at radius 1 is 1.00 bits per heavy atom. The van der Waals surface area contributed by atoms with Crippen LogP contribution in [0.15, 0.2) is 72.9 Å². The maximum atomic E-state index is 12.3. The maximum Gasteiger partial charge on any atom is 0.251 e. The lowest BCUT2D eigenvalue weighted by Gasteiger charge is -2.10. The number of hydrogen-bond donors (Lipinski definition) is 2. The van der Waals surface area contributed by atoms with Gasteiger partial charge in [0.25, 0.3) is 5.91 Å².